The first-order valence-electron chi connectivity index (χ1n) is 9.78. The lowest BCUT2D eigenvalue weighted by Crippen LogP contribution is -2.67. The summed E-state index contributed by atoms with van der Waals surface area (Å²) in [6.45, 7) is 0.878. The Kier molecular flexibility index (Phi) is 5.31. The van der Waals surface area contributed by atoms with Crippen LogP contribution in [0.25, 0.3) is 0 Å². The number of hydrogen-bond acceptors (Lipinski definition) is 6. The van der Waals surface area contributed by atoms with Crippen molar-refractivity contribution < 1.29 is 26.8 Å². The molecule has 1 aromatic heterocycles. The fourth-order valence-corrected chi connectivity index (χ4v) is 5.94. The molecule has 174 valence electrons. The Morgan fingerprint density at radius 2 is 2.00 bits per heavy atom. The monoisotopic (exact) mass is 478 g/mol. The molecule has 0 bridgehead atoms. The molecule has 2 aliphatic heterocycles. The van der Waals surface area contributed by atoms with Gasteiger partial charge in [0.1, 0.15) is 28.1 Å². The number of guanidine groups is 1. The maximum absolute atomic E-state index is 15.1. The Labute approximate surface area is 188 Å². The first-order chi connectivity index (χ1) is 15.5. The van der Waals surface area contributed by atoms with E-state index >= 15 is 4.39 Å². The first kappa shape index (κ1) is 22.6. The van der Waals surface area contributed by atoms with Crippen LogP contribution in [0.4, 0.5) is 14.5 Å². The molecule has 0 spiro atoms. The van der Waals surface area contributed by atoms with Gasteiger partial charge in [-0.05, 0) is 30.3 Å². The average Bonchev–Trinajstić information content (AvgIpc) is 3.16. The van der Waals surface area contributed by atoms with Crippen LogP contribution in [0.2, 0.25) is 0 Å². The summed E-state index contributed by atoms with van der Waals surface area (Å²) >= 11 is 0. The van der Waals surface area contributed by atoms with E-state index in [1.165, 1.54) is 37.1 Å². The molecule has 2 atom stereocenters. The van der Waals surface area contributed by atoms with Gasteiger partial charge in [0.2, 0.25) is 21.9 Å². The van der Waals surface area contributed by atoms with E-state index in [1.54, 1.807) is 0 Å². The number of amides is 2. The molecule has 2 saturated heterocycles. The molecule has 0 aliphatic carbocycles. The molecule has 2 fully saturated rings. The molecule has 3 N–H and O–H groups in total. The van der Waals surface area contributed by atoms with E-state index in [1.807, 2.05) is 0 Å². The molecule has 4 rings (SSSR count). The molecule has 33 heavy (non-hydrogen) atoms. The molecular weight excluding hydrogens is 458 g/mol. The van der Waals surface area contributed by atoms with E-state index in [4.69, 9.17) is 5.41 Å². The van der Waals surface area contributed by atoms with Crippen LogP contribution in [0.15, 0.2) is 36.5 Å². The molecule has 3 heterocycles. The molecule has 10 nitrogen and oxygen atoms in total. The summed E-state index contributed by atoms with van der Waals surface area (Å²) in [6, 6.07) is 5.84. The lowest BCUT2D eigenvalue weighted by Gasteiger charge is -2.43. The van der Waals surface area contributed by atoms with Crippen LogP contribution in [-0.2, 0) is 20.4 Å². The summed E-state index contributed by atoms with van der Waals surface area (Å²) in [5, 5.41) is 12.2. The average molecular weight is 478 g/mol. The van der Waals surface area contributed by atoms with Gasteiger partial charge in [0.15, 0.2) is 0 Å². The third-order valence-electron chi connectivity index (χ3n) is 5.88. The van der Waals surface area contributed by atoms with Crippen LogP contribution < -0.4 is 10.6 Å². The number of likely N-dealkylation sites (tertiary alicyclic amines) is 1. The quantitative estimate of drug-likeness (QED) is 0.598. The van der Waals surface area contributed by atoms with Gasteiger partial charge >= 0.3 is 0 Å². The van der Waals surface area contributed by atoms with Gasteiger partial charge in [0.25, 0.3) is 5.91 Å². The highest BCUT2D eigenvalue weighted by Crippen LogP contribution is 2.42. The molecule has 0 radical (unpaired) electrons. The molecule has 2 aromatic rings. The van der Waals surface area contributed by atoms with E-state index < -0.39 is 50.2 Å². The van der Waals surface area contributed by atoms with Crippen LogP contribution in [0.1, 0.15) is 23.0 Å². The third kappa shape index (κ3) is 3.67. The number of carbonyl (C=O) groups excluding carboxylic acids is 2. The van der Waals surface area contributed by atoms with Crippen molar-refractivity contribution in [2.45, 2.75) is 17.7 Å². The number of sulfonamides is 1. The summed E-state index contributed by atoms with van der Waals surface area (Å²) in [5.41, 5.74) is -1.72. The highest BCUT2D eigenvalue weighted by Gasteiger charge is 2.60. The number of anilines is 1. The van der Waals surface area contributed by atoms with E-state index in [-0.39, 0.29) is 30.0 Å². The summed E-state index contributed by atoms with van der Waals surface area (Å²) < 4.78 is 55.2. The predicted octanol–water partition coefficient (Wildman–Crippen LogP) is 0.838. The number of nitrogens with one attached hydrogen (secondary N) is 3. The maximum Gasteiger partial charge on any atom is 0.274 e. The van der Waals surface area contributed by atoms with Crippen molar-refractivity contribution in [3.8, 4) is 0 Å². The Morgan fingerprint density at radius 3 is 2.64 bits per heavy atom. The fourth-order valence-electron chi connectivity index (χ4n) is 4.12. The third-order valence-corrected chi connectivity index (χ3v) is 8.10. The second kappa shape index (κ2) is 7.76. The number of fused-ring (bicyclic) bond motifs is 1. The summed E-state index contributed by atoms with van der Waals surface area (Å²) in [4.78, 5) is 29.5. The molecule has 1 unspecified atom stereocenters. The standard InChI is InChI=1S/C20H20F2N6O4S/c1-11(29)28-9-17-20(10-28,26-19(23)27(2)33(17,31)32)14-7-13(4-5-15(14)22)25-18(30)16-6-3-12(21)8-24-16/h3-8,17H,9-10H2,1-2H3,(H2,23,26)(H,25,30)/t17?,20-/m1/s1. The van der Waals surface area contributed by atoms with Crippen LogP contribution >= 0.6 is 0 Å². The highest BCUT2D eigenvalue weighted by molar-refractivity contribution is 7.90. The number of pyridine rings is 1. The van der Waals surface area contributed by atoms with Gasteiger partial charge in [-0.3, -0.25) is 15.0 Å². The van der Waals surface area contributed by atoms with Gasteiger partial charge < -0.3 is 15.5 Å². The number of benzene rings is 1. The second-order valence-corrected chi connectivity index (χ2v) is 10.0. The van der Waals surface area contributed by atoms with Crippen molar-refractivity contribution in [3.63, 3.8) is 0 Å². The van der Waals surface area contributed by atoms with Crippen LogP contribution in [-0.4, -0.2) is 65.8 Å². The second-order valence-electron chi connectivity index (χ2n) is 7.86. The zero-order valence-corrected chi connectivity index (χ0v) is 18.4. The van der Waals surface area contributed by atoms with E-state index in [0.29, 0.717) is 0 Å². The van der Waals surface area contributed by atoms with Crippen molar-refractivity contribution in [3.05, 3.63) is 59.4 Å². The summed E-state index contributed by atoms with van der Waals surface area (Å²) in [6.07, 6.45) is 0.877. The van der Waals surface area contributed by atoms with Gasteiger partial charge in [0, 0.05) is 38.3 Å². The minimum absolute atomic E-state index is 0.0799. The molecule has 2 amide bonds. The maximum atomic E-state index is 15.1. The largest absolute Gasteiger partial charge is 0.343 e. The summed E-state index contributed by atoms with van der Waals surface area (Å²) in [7, 11) is -2.91. The lowest BCUT2D eigenvalue weighted by atomic mass is 9.87. The fraction of sp³-hybridized carbons (Fsp3) is 0.300. The normalized spacial score (nSPS) is 23.6. The number of hydrogen-bond donors (Lipinski definition) is 3. The van der Waals surface area contributed by atoms with Crippen molar-refractivity contribution in [2.75, 3.05) is 25.5 Å². The Morgan fingerprint density at radius 1 is 1.27 bits per heavy atom. The Hall–Kier alpha value is -3.61. The molecule has 1 aromatic carbocycles. The number of carbonyl (C=O) groups is 2. The smallest absolute Gasteiger partial charge is 0.274 e. The molecule has 2 aliphatic rings. The van der Waals surface area contributed by atoms with Crippen LogP contribution in [0.3, 0.4) is 0 Å². The SMILES string of the molecule is CC(=O)N1CC2[C@](c3cc(NC(=O)c4ccc(F)cn4)ccc3F)(C1)NC(=N)N(C)S2(=O)=O. The number of nitrogens with zero attached hydrogens (tertiary/aromatic N) is 3. The van der Waals surface area contributed by atoms with Crippen molar-refractivity contribution >= 4 is 33.5 Å². The van der Waals surface area contributed by atoms with Gasteiger partial charge in [-0.2, -0.15) is 0 Å². The Balaban J connectivity index is 1.77. The predicted molar refractivity (Wildman–Crippen MR) is 114 cm³/mol. The lowest BCUT2D eigenvalue weighted by molar-refractivity contribution is -0.128. The van der Waals surface area contributed by atoms with Gasteiger partial charge in [-0.25, -0.2) is 26.5 Å². The molecule has 0 saturated carbocycles. The minimum atomic E-state index is -4.11. The number of aromatic nitrogens is 1. The minimum Gasteiger partial charge on any atom is -0.343 e. The van der Waals surface area contributed by atoms with Gasteiger partial charge in [0.05, 0.1) is 6.20 Å². The van der Waals surface area contributed by atoms with E-state index in [2.05, 4.69) is 15.6 Å². The highest BCUT2D eigenvalue weighted by atomic mass is 32.2. The van der Waals surface area contributed by atoms with Gasteiger partial charge in [-0.1, -0.05) is 0 Å². The first-order valence-corrected chi connectivity index (χ1v) is 11.3. The van der Waals surface area contributed by atoms with Crippen molar-refractivity contribution in [1.29, 1.82) is 5.41 Å². The zero-order chi connectivity index (χ0) is 24.1. The van der Waals surface area contributed by atoms with E-state index in [9.17, 15) is 22.4 Å². The van der Waals surface area contributed by atoms with Gasteiger partial charge in [-0.15, -0.1) is 0 Å². The van der Waals surface area contributed by atoms with Crippen LogP contribution in [0.5, 0.6) is 0 Å². The van der Waals surface area contributed by atoms with Crippen molar-refractivity contribution in [1.82, 2.24) is 19.5 Å². The topological polar surface area (TPSA) is 136 Å². The number of halogens is 2. The Bertz CT molecular complexity index is 1270. The molecular formula is C20H20F2N6O4S. The zero-order valence-electron chi connectivity index (χ0n) is 17.6. The van der Waals surface area contributed by atoms with Crippen molar-refractivity contribution in [2.24, 2.45) is 0 Å². The van der Waals surface area contributed by atoms with Crippen LogP contribution in [0, 0.1) is 17.0 Å². The van der Waals surface area contributed by atoms with E-state index in [0.717, 1.165) is 22.6 Å². The summed E-state index contributed by atoms with van der Waals surface area (Å²) in [5.74, 6) is -2.95. The molecule has 13 heteroatoms. The number of rotatable bonds is 3.